The Morgan fingerprint density at radius 1 is 1.17 bits per heavy atom. The van der Waals surface area contributed by atoms with Crippen molar-refractivity contribution in [3.05, 3.63) is 64.1 Å². The third-order valence-corrected chi connectivity index (χ3v) is 3.93. The van der Waals surface area contributed by atoms with Crippen molar-refractivity contribution in [2.24, 2.45) is 5.92 Å². The Balaban J connectivity index is 1.88. The summed E-state index contributed by atoms with van der Waals surface area (Å²) in [7, 11) is 0. The van der Waals surface area contributed by atoms with Crippen LogP contribution in [0.5, 0.6) is 5.75 Å². The van der Waals surface area contributed by atoms with Gasteiger partial charge in [0.15, 0.2) is 0 Å². The third kappa shape index (κ3) is 5.71. The Morgan fingerprint density at radius 2 is 1.91 bits per heavy atom. The SMILES string of the molecule is CC(C)COc1ccc(C(=O)NCCc2ccccc2)cc1Br. The van der Waals surface area contributed by atoms with E-state index in [-0.39, 0.29) is 5.91 Å². The van der Waals surface area contributed by atoms with Crippen LogP contribution >= 0.6 is 15.9 Å². The van der Waals surface area contributed by atoms with E-state index in [2.05, 4.69) is 47.2 Å². The Kier molecular flexibility index (Phi) is 6.66. The molecule has 1 N–H and O–H groups in total. The van der Waals surface area contributed by atoms with Crippen LogP contribution in [-0.4, -0.2) is 19.1 Å². The van der Waals surface area contributed by atoms with Gasteiger partial charge < -0.3 is 10.1 Å². The van der Waals surface area contributed by atoms with E-state index < -0.39 is 0 Å². The van der Waals surface area contributed by atoms with Crippen LogP contribution in [0.25, 0.3) is 0 Å². The first-order valence-corrected chi connectivity index (χ1v) is 8.60. The molecule has 2 aromatic carbocycles. The Morgan fingerprint density at radius 3 is 2.57 bits per heavy atom. The van der Waals surface area contributed by atoms with Gasteiger partial charge in [0.25, 0.3) is 5.91 Å². The van der Waals surface area contributed by atoms with Gasteiger partial charge >= 0.3 is 0 Å². The number of hydrogen-bond donors (Lipinski definition) is 1. The van der Waals surface area contributed by atoms with Gasteiger partial charge in [-0.3, -0.25) is 4.79 Å². The molecule has 2 aromatic rings. The lowest BCUT2D eigenvalue weighted by molar-refractivity contribution is 0.0954. The second-order valence-corrected chi connectivity index (χ2v) is 6.70. The third-order valence-electron chi connectivity index (χ3n) is 3.31. The largest absolute Gasteiger partial charge is 0.492 e. The zero-order valence-corrected chi connectivity index (χ0v) is 15.1. The van der Waals surface area contributed by atoms with E-state index >= 15 is 0 Å². The first kappa shape index (κ1) is 17.5. The molecule has 0 saturated carbocycles. The van der Waals surface area contributed by atoms with Gasteiger partial charge in [-0.05, 0) is 52.0 Å². The van der Waals surface area contributed by atoms with Crippen LogP contribution in [0.3, 0.4) is 0 Å². The van der Waals surface area contributed by atoms with Crippen LogP contribution < -0.4 is 10.1 Å². The summed E-state index contributed by atoms with van der Waals surface area (Å²) in [6.07, 6.45) is 0.823. The molecule has 122 valence electrons. The molecule has 2 rings (SSSR count). The molecule has 0 radical (unpaired) electrons. The summed E-state index contributed by atoms with van der Waals surface area (Å²) in [5, 5.41) is 2.94. The Hall–Kier alpha value is -1.81. The number of carbonyl (C=O) groups is 1. The molecular formula is C19H22BrNO2. The van der Waals surface area contributed by atoms with E-state index in [1.165, 1.54) is 5.56 Å². The van der Waals surface area contributed by atoms with Crippen LogP contribution in [0.4, 0.5) is 0 Å². The fourth-order valence-corrected chi connectivity index (χ4v) is 2.58. The summed E-state index contributed by atoms with van der Waals surface area (Å²) in [5.74, 6) is 1.15. The summed E-state index contributed by atoms with van der Waals surface area (Å²) in [4.78, 5) is 12.2. The lowest BCUT2D eigenvalue weighted by Crippen LogP contribution is -2.25. The minimum absolute atomic E-state index is 0.0722. The zero-order chi connectivity index (χ0) is 16.7. The normalized spacial score (nSPS) is 10.6. The van der Waals surface area contributed by atoms with Crippen molar-refractivity contribution in [2.75, 3.05) is 13.2 Å². The average molecular weight is 376 g/mol. The molecule has 0 saturated heterocycles. The second kappa shape index (κ2) is 8.73. The van der Waals surface area contributed by atoms with E-state index in [9.17, 15) is 4.79 Å². The van der Waals surface area contributed by atoms with Crippen molar-refractivity contribution in [3.63, 3.8) is 0 Å². The molecule has 3 nitrogen and oxygen atoms in total. The molecule has 0 aromatic heterocycles. The first-order valence-electron chi connectivity index (χ1n) is 7.80. The van der Waals surface area contributed by atoms with E-state index in [0.717, 1.165) is 16.6 Å². The Labute approximate surface area is 146 Å². The highest BCUT2D eigenvalue weighted by Gasteiger charge is 2.09. The summed E-state index contributed by atoms with van der Waals surface area (Å²) in [6.45, 7) is 5.47. The van der Waals surface area contributed by atoms with Crippen LogP contribution in [0.1, 0.15) is 29.8 Å². The number of nitrogens with one attached hydrogen (secondary N) is 1. The molecule has 1 amide bonds. The highest BCUT2D eigenvalue weighted by atomic mass is 79.9. The molecule has 0 fully saturated rings. The van der Waals surface area contributed by atoms with E-state index in [1.807, 2.05) is 24.3 Å². The molecule has 23 heavy (non-hydrogen) atoms. The van der Waals surface area contributed by atoms with Crippen LogP contribution in [0.2, 0.25) is 0 Å². The number of halogens is 1. The molecule has 0 spiro atoms. The maximum absolute atomic E-state index is 12.2. The molecular weight excluding hydrogens is 354 g/mol. The van der Waals surface area contributed by atoms with Gasteiger partial charge in [0.2, 0.25) is 0 Å². The smallest absolute Gasteiger partial charge is 0.251 e. The van der Waals surface area contributed by atoms with Crippen molar-refractivity contribution in [3.8, 4) is 5.75 Å². The van der Waals surface area contributed by atoms with Crippen LogP contribution in [0.15, 0.2) is 53.0 Å². The van der Waals surface area contributed by atoms with Crippen LogP contribution in [0, 0.1) is 5.92 Å². The number of hydrogen-bond acceptors (Lipinski definition) is 2. The predicted octanol–water partition coefficient (Wildman–Crippen LogP) is 4.46. The van der Waals surface area contributed by atoms with Crippen LogP contribution in [-0.2, 0) is 6.42 Å². The summed E-state index contributed by atoms with van der Waals surface area (Å²) in [6, 6.07) is 15.5. The number of rotatable bonds is 7. The number of benzene rings is 2. The average Bonchev–Trinajstić information content (AvgIpc) is 2.54. The van der Waals surface area contributed by atoms with Gasteiger partial charge in [-0.25, -0.2) is 0 Å². The summed E-state index contributed by atoms with van der Waals surface area (Å²) in [5.41, 5.74) is 1.84. The number of ether oxygens (including phenoxy) is 1. The minimum Gasteiger partial charge on any atom is -0.492 e. The monoisotopic (exact) mass is 375 g/mol. The van der Waals surface area contributed by atoms with Crippen molar-refractivity contribution in [1.82, 2.24) is 5.32 Å². The van der Waals surface area contributed by atoms with Crippen molar-refractivity contribution < 1.29 is 9.53 Å². The lowest BCUT2D eigenvalue weighted by Gasteiger charge is -2.11. The fourth-order valence-electron chi connectivity index (χ4n) is 2.08. The Bertz CT molecular complexity index is 641. The van der Waals surface area contributed by atoms with Crippen molar-refractivity contribution >= 4 is 21.8 Å². The predicted molar refractivity (Wildman–Crippen MR) is 97.0 cm³/mol. The molecule has 0 atom stereocenters. The number of amides is 1. The quantitative estimate of drug-likeness (QED) is 0.775. The molecule has 0 heterocycles. The zero-order valence-electron chi connectivity index (χ0n) is 13.5. The fraction of sp³-hybridized carbons (Fsp3) is 0.316. The van der Waals surface area contributed by atoms with Gasteiger partial charge in [0.05, 0.1) is 11.1 Å². The van der Waals surface area contributed by atoms with Gasteiger partial charge in [0.1, 0.15) is 5.75 Å². The molecule has 0 aliphatic carbocycles. The highest BCUT2D eigenvalue weighted by molar-refractivity contribution is 9.10. The maximum atomic E-state index is 12.2. The van der Waals surface area contributed by atoms with E-state index in [1.54, 1.807) is 12.1 Å². The summed E-state index contributed by atoms with van der Waals surface area (Å²) >= 11 is 3.47. The molecule has 0 aliphatic heterocycles. The standard InChI is InChI=1S/C19H22BrNO2/c1-14(2)13-23-18-9-8-16(12-17(18)20)19(22)21-11-10-15-6-4-3-5-7-15/h3-9,12,14H,10-11,13H2,1-2H3,(H,21,22). The lowest BCUT2D eigenvalue weighted by atomic mass is 10.1. The van der Waals surface area contributed by atoms with Crippen molar-refractivity contribution in [2.45, 2.75) is 20.3 Å². The molecule has 0 bridgehead atoms. The molecule has 4 heteroatoms. The molecule has 0 unspecified atom stereocenters. The van der Waals surface area contributed by atoms with E-state index in [0.29, 0.717) is 24.6 Å². The number of carbonyl (C=O) groups excluding carboxylic acids is 1. The summed E-state index contributed by atoms with van der Waals surface area (Å²) < 4.78 is 6.49. The van der Waals surface area contributed by atoms with Gasteiger partial charge in [0, 0.05) is 12.1 Å². The first-order chi connectivity index (χ1) is 11.1. The van der Waals surface area contributed by atoms with E-state index in [4.69, 9.17) is 4.74 Å². The minimum atomic E-state index is -0.0722. The highest BCUT2D eigenvalue weighted by Crippen LogP contribution is 2.26. The maximum Gasteiger partial charge on any atom is 0.251 e. The van der Waals surface area contributed by atoms with Crippen molar-refractivity contribution in [1.29, 1.82) is 0 Å². The topological polar surface area (TPSA) is 38.3 Å². The van der Waals surface area contributed by atoms with Gasteiger partial charge in [-0.1, -0.05) is 44.2 Å². The second-order valence-electron chi connectivity index (χ2n) is 5.84. The van der Waals surface area contributed by atoms with Gasteiger partial charge in [-0.2, -0.15) is 0 Å². The molecule has 0 aliphatic rings. The van der Waals surface area contributed by atoms with Gasteiger partial charge in [-0.15, -0.1) is 0 Å².